The minimum absolute atomic E-state index is 0.0128. The summed E-state index contributed by atoms with van der Waals surface area (Å²) in [6.07, 6.45) is 0.714. The molecule has 1 aliphatic carbocycles. The number of carbonyl (C=O) groups is 1. The van der Waals surface area contributed by atoms with Crippen LogP contribution >= 0.6 is 11.8 Å². The molecular weight excluding hydrogens is 198 g/mol. The summed E-state index contributed by atoms with van der Waals surface area (Å²) in [5.74, 6) is -2.58. The molecule has 0 heterocycles. The first kappa shape index (κ1) is 10.8. The van der Waals surface area contributed by atoms with E-state index in [1.165, 1.54) is 11.8 Å². The highest BCUT2D eigenvalue weighted by Gasteiger charge is 2.56. The molecule has 0 unspecified atom stereocenters. The van der Waals surface area contributed by atoms with Crippen LogP contribution in [0.3, 0.4) is 0 Å². The molecule has 1 rings (SSSR count). The van der Waals surface area contributed by atoms with Crippen LogP contribution < -0.4 is 0 Å². The molecule has 1 aliphatic rings. The van der Waals surface area contributed by atoms with Crippen LogP contribution in [0.2, 0.25) is 0 Å². The molecule has 0 amide bonds. The third kappa shape index (κ3) is 3.93. The van der Waals surface area contributed by atoms with Crippen molar-refractivity contribution in [2.45, 2.75) is 25.2 Å². The van der Waals surface area contributed by atoms with E-state index in [0.717, 1.165) is 0 Å². The van der Waals surface area contributed by atoms with Gasteiger partial charge < -0.3 is 5.11 Å². The highest BCUT2D eigenvalue weighted by atomic mass is 32.2. The predicted octanol–water partition coefficient (Wildman–Crippen LogP) is 2.24. The van der Waals surface area contributed by atoms with Gasteiger partial charge in [0.2, 0.25) is 0 Å². The summed E-state index contributed by atoms with van der Waals surface area (Å²) in [5.41, 5.74) is 0. The molecule has 0 aromatic rings. The second kappa shape index (κ2) is 4.26. The lowest BCUT2D eigenvalue weighted by molar-refractivity contribution is -0.137. The number of hydrogen-bond donors (Lipinski definition) is 1. The van der Waals surface area contributed by atoms with Gasteiger partial charge in [0.25, 0.3) is 5.92 Å². The topological polar surface area (TPSA) is 37.3 Å². The van der Waals surface area contributed by atoms with Gasteiger partial charge in [-0.1, -0.05) is 0 Å². The number of aliphatic carboxylic acids is 1. The normalized spacial score (nSPS) is 24.3. The van der Waals surface area contributed by atoms with E-state index in [9.17, 15) is 13.6 Å². The van der Waals surface area contributed by atoms with Crippen LogP contribution in [-0.2, 0) is 4.79 Å². The second-order valence-corrected chi connectivity index (χ2v) is 4.38. The van der Waals surface area contributed by atoms with E-state index >= 15 is 0 Å². The SMILES string of the molecule is O=C(O)CCCSC[C@@H]1CC1(F)F. The van der Waals surface area contributed by atoms with Crippen LogP contribution in [0, 0.1) is 5.92 Å². The van der Waals surface area contributed by atoms with Crippen LogP contribution in [0.5, 0.6) is 0 Å². The Morgan fingerprint density at radius 1 is 1.62 bits per heavy atom. The van der Waals surface area contributed by atoms with E-state index in [1.807, 2.05) is 0 Å². The van der Waals surface area contributed by atoms with Crippen molar-refractivity contribution >= 4 is 17.7 Å². The van der Waals surface area contributed by atoms with Gasteiger partial charge in [-0.25, -0.2) is 8.78 Å². The van der Waals surface area contributed by atoms with Gasteiger partial charge >= 0.3 is 5.97 Å². The van der Waals surface area contributed by atoms with Gasteiger partial charge in [-0.3, -0.25) is 4.79 Å². The molecule has 1 atom stereocenters. The lowest BCUT2D eigenvalue weighted by Gasteiger charge is -1.98. The molecule has 1 fully saturated rings. The van der Waals surface area contributed by atoms with Crippen LogP contribution in [0.4, 0.5) is 8.78 Å². The van der Waals surface area contributed by atoms with Crippen molar-refractivity contribution in [3.8, 4) is 0 Å². The Morgan fingerprint density at radius 2 is 2.23 bits per heavy atom. The first-order valence-corrected chi connectivity index (χ1v) is 5.35. The average molecular weight is 210 g/mol. The van der Waals surface area contributed by atoms with E-state index in [1.54, 1.807) is 0 Å². The summed E-state index contributed by atoms with van der Waals surface area (Å²) in [6.45, 7) is 0. The number of thioether (sulfide) groups is 1. The van der Waals surface area contributed by atoms with Crippen LogP contribution in [0.1, 0.15) is 19.3 Å². The molecule has 5 heteroatoms. The summed E-state index contributed by atoms with van der Waals surface area (Å²) in [7, 11) is 0. The van der Waals surface area contributed by atoms with Gasteiger partial charge in [0.15, 0.2) is 0 Å². The molecule has 13 heavy (non-hydrogen) atoms. The highest BCUT2D eigenvalue weighted by Crippen LogP contribution is 2.50. The number of halogens is 2. The van der Waals surface area contributed by atoms with Crippen molar-refractivity contribution in [3.05, 3.63) is 0 Å². The molecule has 1 N–H and O–H groups in total. The molecule has 0 spiro atoms. The monoisotopic (exact) mass is 210 g/mol. The summed E-state index contributed by atoms with van der Waals surface area (Å²) in [4.78, 5) is 10.1. The van der Waals surface area contributed by atoms with Crippen LogP contribution in [0.15, 0.2) is 0 Å². The third-order valence-electron chi connectivity index (χ3n) is 1.95. The van der Waals surface area contributed by atoms with Crippen molar-refractivity contribution in [3.63, 3.8) is 0 Å². The average Bonchev–Trinajstić information content (AvgIpc) is 2.58. The quantitative estimate of drug-likeness (QED) is 0.683. The van der Waals surface area contributed by atoms with Gasteiger partial charge in [0.1, 0.15) is 0 Å². The summed E-state index contributed by atoms with van der Waals surface area (Å²) in [5, 5.41) is 8.29. The molecular formula is C8H12F2O2S. The van der Waals surface area contributed by atoms with Gasteiger partial charge in [-0.15, -0.1) is 0 Å². The van der Waals surface area contributed by atoms with E-state index < -0.39 is 17.8 Å². The molecule has 0 aromatic heterocycles. The number of carboxylic acids is 1. The standard InChI is InChI=1S/C8H12F2O2S/c9-8(10)4-6(8)5-13-3-1-2-7(11)12/h6H,1-5H2,(H,11,12)/t6-/m0/s1. The number of rotatable bonds is 6. The molecule has 2 nitrogen and oxygen atoms in total. The molecule has 0 aliphatic heterocycles. The smallest absolute Gasteiger partial charge is 0.303 e. The fourth-order valence-corrected chi connectivity index (χ4v) is 2.16. The van der Waals surface area contributed by atoms with Crippen LogP contribution in [-0.4, -0.2) is 28.5 Å². The lowest BCUT2D eigenvalue weighted by atomic mass is 10.3. The Hall–Kier alpha value is -0.320. The zero-order valence-electron chi connectivity index (χ0n) is 7.13. The van der Waals surface area contributed by atoms with Crippen LogP contribution in [0.25, 0.3) is 0 Å². The number of carboxylic acid groups (broad SMARTS) is 1. The van der Waals surface area contributed by atoms with E-state index in [-0.39, 0.29) is 12.8 Å². The molecule has 0 bridgehead atoms. The maximum absolute atomic E-state index is 12.3. The second-order valence-electron chi connectivity index (χ2n) is 3.23. The van der Waals surface area contributed by atoms with Crippen molar-refractivity contribution in [1.29, 1.82) is 0 Å². The molecule has 1 saturated carbocycles. The third-order valence-corrected chi connectivity index (χ3v) is 3.17. The maximum atomic E-state index is 12.3. The van der Waals surface area contributed by atoms with Gasteiger partial charge in [-0.05, 0) is 12.2 Å². The summed E-state index contributed by atoms with van der Waals surface area (Å²) >= 11 is 1.42. The van der Waals surface area contributed by atoms with Gasteiger partial charge in [0.05, 0.1) is 0 Å². The van der Waals surface area contributed by atoms with Crippen molar-refractivity contribution < 1.29 is 18.7 Å². The Labute approximate surface area is 79.7 Å². The largest absolute Gasteiger partial charge is 0.481 e. The fourth-order valence-electron chi connectivity index (χ4n) is 1.00. The first-order valence-electron chi connectivity index (χ1n) is 4.20. The maximum Gasteiger partial charge on any atom is 0.303 e. The zero-order valence-corrected chi connectivity index (χ0v) is 7.95. The summed E-state index contributed by atoms with van der Waals surface area (Å²) in [6, 6.07) is 0. The zero-order chi connectivity index (χ0) is 9.90. The Bertz CT molecular complexity index is 197. The van der Waals surface area contributed by atoms with Gasteiger partial charge in [-0.2, -0.15) is 11.8 Å². The molecule has 0 saturated heterocycles. The first-order chi connectivity index (χ1) is 6.02. The number of hydrogen-bond acceptors (Lipinski definition) is 2. The molecule has 0 radical (unpaired) electrons. The van der Waals surface area contributed by atoms with Crippen molar-refractivity contribution in [1.82, 2.24) is 0 Å². The Morgan fingerprint density at radius 3 is 2.69 bits per heavy atom. The lowest BCUT2D eigenvalue weighted by Crippen LogP contribution is -1.98. The predicted molar refractivity (Wildman–Crippen MR) is 47.2 cm³/mol. The van der Waals surface area contributed by atoms with Crippen molar-refractivity contribution in [2.24, 2.45) is 5.92 Å². The van der Waals surface area contributed by atoms with E-state index in [0.29, 0.717) is 17.9 Å². The fraction of sp³-hybridized carbons (Fsp3) is 0.875. The minimum atomic E-state index is -2.43. The molecule has 0 aromatic carbocycles. The van der Waals surface area contributed by atoms with E-state index in [4.69, 9.17) is 5.11 Å². The van der Waals surface area contributed by atoms with Crippen molar-refractivity contribution in [2.75, 3.05) is 11.5 Å². The Balaban J connectivity index is 1.88. The highest BCUT2D eigenvalue weighted by molar-refractivity contribution is 7.99. The molecule has 76 valence electrons. The van der Waals surface area contributed by atoms with Gasteiger partial charge in [0, 0.05) is 24.5 Å². The Kier molecular flexibility index (Phi) is 3.53. The van der Waals surface area contributed by atoms with E-state index in [2.05, 4.69) is 0 Å². The number of alkyl halides is 2. The minimum Gasteiger partial charge on any atom is -0.481 e. The summed E-state index contributed by atoms with van der Waals surface area (Å²) < 4.78 is 24.7.